The molecule has 3 heterocycles. The number of hydrogen-bond donors (Lipinski definition) is 2. The van der Waals surface area contributed by atoms with E-state index in [0.717, 1.165) is 11.1 Å². The van der Waals surface area contributed by atoms with Crippen molar-refractivity contribution >= 4 is 41.2 Å². The predicted molar refractivity (Wildman–Crippen MR) is 177 cm³/mol. The lowest BCUT2D eigenvalue weighted by molar-refractivity contribution is -0.161. The third kappa shape index (κ3) is 7.64. The van der Waals surface area contributed by atoms with E-state index in [1.54, 1.807) is 45.2 Å². The average molecular weight is 692 g/mol. The van der Waals surface area contributed by atoms with E-state index in [-0.39, 0.29) is 23.8 Å². The van der Waals surface area contributed by atoms with Crippen LogP contribution in [0.25, 0.3) is 0 Å². The highest BCUT2D eigenvalue weighted by atomic mass is 35.5. The second-order valence-corrected chi connectivity index (χ2v) is 13.4. The number of hydrogen-bond acceptors (Lipinski definition) is 10. The van der Waals surface area contributed by atoms with Gasteiger partial charge < -0.3 is 38.6 Å². The van der Waals surface area contributed by atoms with Crippen LogP contribution < -0.4 is 15.0 Å². The lowest BCUT2D eigenvalue weighted by Crippen LogP contribution is -2.63. The van der Waals surface area contributed by atoms with Gasteiger partial charge in [0.25, 0.3) is 0 Å². The van der Waals surface area contributed by atoms with Gasteiger partial charge in [-0.1, -0.05) is 42.3 Å². The maximum absolute atomic E-state index is 14.0. The van der Waals surface area contributed by atoms with Gasteiger partial charge >= 0.3 is 12.1 Å². The minimum absolute atomic E-state index is 0.0436. The first-order chi connectivity index (χ1) is 22.4. The fraction of sp³-hybridized carbons (Fsp3) is 0.588. The number of epoxide rings is 1. The summed E-state index contributed by atoms with van der Waals surface area (Å²) in [4.78, 5) is 54.7. The highest BCUT2D eigenvalue weighted by Crippen LogP contribution is 2.49. The number of esters is 1. The Hall–Kier alpha value is -3.65. The van der Waals surface area contributed by atoms with E-state index >= 15 is 0 Å². The smallest absolute Gasteiger partial charge is 0.409 e. The third-order valence-corrected chi connectivity index (χ3v) is 10.0. The van der Waals surface area contributed by atoms with Gasteiger partial charge in [-0.15, -0.1) is 0 Å². The number of fused-ring (bicyclic) bond motifs is 5. The molecule has 14 heteroatoms. The molecule has 3 aliphatic heterocycles. The van der Waals surface area contributed by atoms with Crippen LogP contribution in [0.4, 0.5) is 10.5 Å². The zero-order chi connectivity index (χ0) is 35.7. The van der Waals surface area contributed by atoms with Crippen LogP contribution in [-0.2, 0) is 39.8 Å². The number of allylic oxidation sites excluding steroid dienone is 3. The molecule has 3 aliphatic rings. The number of aliphatic hydroxyl groups is 1. The number of anilines is 1. The van der Waals surface area contributed by atoms with Gasteiger partial charge in [-0.3, -0.25) is 14.9 Å². The van der Waals surface area contributed by atoms with E-state index in [1.807, 2.05) is 13.0 Å². The van der Waals surface area contributed by atoms with E-state index in [9.17, 15) is 24.3 Å². The lowest BCUT2D eigenvalue weighted by Gasteiger charge is -2.42. The van der Waals surface area contributed by atoms with Crippen molar-refractivity contribution in [1.82, 2.24) is 10.2 Å². The summed E-state index contributed by atoms with van der Waals surface area (Å²) in [6.07, 6.45) is 1.02. The number of alkyl carbamates (subject to hydrolysis) is 1. The van der Waals surface area contributed by atoms with Gasteiger partial charge in [0, 0.05) is 40.5 Å². The van der Waals surface area contributed by atoms with Crippen molar-refractivity contribution in [3.8, 4) is 5.75 Å². The molecule has 4 rings (SSSR count). The molecule has 0 aromatic heterocycles. The summed E-state index contributed by atoms with van der Waals surface area (Å²) >= 11 is 6.71. The number of rotatable bonds is 5. The first-order valence-corrected chi connectivity index (χ1v) is 16.2. The molecule has 2 fully saturated rings. The molecule has 48 heavy (non-hydrogen) atoms. The molecule has 0 spiro atoms. The quantitative estimate of drug-likeness (QED) is 0.346. The van der Waals surface area contributed by atoms with Crippen LogP contribution in [-0.4, -0.2) is 104 Å². The fourth-order valence-electron chi connectivity index (χ4n) is 6.27. The number of halogens is 1. The maximum atomic E-state index is 14.0. The second kappa shape index (κ2) is 14.5. The summed E-state index contributed by atoms with van der Waals surface area (Å²) < 4.78 is 28.9. The number of likely N-dealkylation sites (N-methyl/N-ethyl adjacent to an activating group) is 1. The molecule has 8 atom stereocenters. The van der Waals surface area contributed by atoms with Crippen molar-refractivity contribution in [1.29, 1.82) is 0 Å². The number of benzene rings is 1. The molecular formula is C34H46ClN3O10. The van der Waals surface area contributed by atoms with Gasteiger partial charge in [-0.05, 0) is 44.9 Å². The number of carbonyl (C=O) groups is 4. The average Bonchev–Trinajstić information content (AvgIpc) is 3.73. The van der Waals surface area contributed by atoms with E-state index in [1.165, 1.54) is 44.9 Å². The highest BCUT2D eigenvalue weighted by Gasteiger charge is 2.64. The minimum Gasteiger partial charge on any atom is -0.495 e. The van der Waals surface area contributed by atoms with Crippen molar-refractivity contribution < 1.29 is 48.0 Å². The Morgan fingerprint density at radius 1 is 1.25 bits per heavy atom. The Morgan fingerprint density at radius 2 is 1.94 bits per heavy atom. The van der Waals surface area contributed by atoms with Crippen molar-refractivity contribution in [2.24, 2.45) is 5.92 Å². The number of carbonyl (C=O) groups excluding carboxylic acids is 4. The predicted octanol–water partition coefficient (Wildman–Crippen LogP) is 3.53. The molecule has 0 aliphatic carbocycles. The van der Waals surface area contributed by atoms with Gasteiger partial charge in [-0.2, -0.15) is 0 Å². The number of nitrogens with one attached hydrogen (secondary N) is 1. The number of amides is 3. The molecule has 3 amide bonds. The van der Waals surface area contributed by atoms with Crippen LogP contribution in [0, 0.1) is 5.92 Å². The molecule has 2 N–H and O–H groups in total. The molecule has 0 radical (unpaired) electrons. The van der Waals surface area contributed by atoms with Crippen molar-refractivity contribution in [2.45, 2.75) is 95.7 Å². The summed E-state index contributed by atoms with van der Waals surface area (Å²) in [5.41, 5.74) is -0.871. The largest absolute Gasteiger partial charge is 0.495 e. The number of methoxy groups -OCH3 is 2. The highest BCUT2D eigenvalue weighted by molar-refractivity contribution is 6.35. The van der Waals surface area contributed by atoms with E-state index in [4.69, 9.17) is 35.3 Å². The van der Waals surface area contributed by atoms with Gasteiger partial charge in [-0.25, -0.2) is 9.59 Å². The van der Waals surface area contributed by atoms with Crippen LogP contribution in [0.5, 0.6) is 5.75 Å². The molecule has 264 valence electrons. The van der Waals surface area contributed by atoms with Crippen LogP contribution in [0.3, 0.4) is 0 Å². The Labute approximate surface area is 286 Å². The first-order valence-electron chi connectivity index (χ1n) is 15.8. The van der Waals surface area contributed by atoms with Gasteiger partial charge in [0.1, 0.15) is 40.7 Å². The SMILES string of the molecule is COc1cc2cc(c1Cl)N(C)C(=O)C[C@H](OC(=O)[C@H](C)N(C)C(C)=O)[C@@]1(C)O[C@H]1[C@H](C)[C@@H]1C[C@@](O)(NC(=O)O1)[C@H](OC)/C=C/C=C(\C)C2. The van der Waals surface area contributed by atoms with Crippen molar-refractivity contribution in [3.05, 3.63) is 46.5 Å². The fourth-order valence-corrected chi connectivity index (χ4v) is 6.59. The molecule has 1 aromatic carbocycles. The van der Waals surface area contributed by atoms with E-state index in [2.05, 4.69) is 5.32 Å². The molecule has 0 saturated carbocycles. The van der Waals surface area contributed by atoms with Gasteiger partial charge in [0.15, 0.2) is 5.72 Å². The normalized spacial score (nSPS) is 33.2. The van der Waals surface area contributed by atoms with Crippen LogP contribution in [0.1, 0.15) is 53.0 Å². The zero-order valence-electron chi connectivity index (χ0n) is 28.9. The molecule has 4 bridgehead atoms. The third-order valence-electron chi connectivity index (χ3n) is 9.63. The van der Waals surface area contributed by atoms with E-state index < -0.39 is 65.7 Å². The Balaban J connectivity index is 1.80. The molecule has 2 saturated heterocycles. The maximum Gasteiger partial charge on any atom is 0.409 e. The Kier molecular flexibility index (Phi) is 11.2. The first kappa shape index (κ1) is 37.2. The molecular weight excluding hydrogens is 646 g/mol. The molecule has 1 aromatic rings. The molecule has 0 unspecified atom stereocenters. The number of nitrogens with zero attached hydrogens (tertiary/aromatic N) is 2. The van der Waals surface area contributed by atoms with Crippen LogP contribution in [0.2, 0.25) is 5.02 Å². The zero-order valence-corrected chi connectivity index (χ0v) is 29.6. The summed E-state index contributed by atoms with van der Waals surface area (Å²) in [6, 6.07) is 2.63. The van der Waals surface area contributed by atoms with E-state index in [0.29, 0.717) is 17.9 Å². The summed E-state index contributed by atoms with van der Waals surface area (Å²) in [5, 5.41) is 14.4. The van der Waals surface area contributed by atoms with Crippen LogP contribution in [0.15, 0.2) is 35.9 Å². The second-order valence-electron chi connectivity index (χ2n) is 13.0. The summed E-state index contributed by atoms with van der Waals surface area (Å²) in [7, 11) is 5.97. The lowest BCUT2D eigenvalue weighted by atomic mass is 9.83. The van der Waals surface area contributed by atoms with Crippen molar-refractivity contribution in [3.63, 3.8) is 0 Å². The summed E-state index contributed by atoms with van der Waals surface area (Å²) in [6.45, 7) is 8.29. The molecule has 13 nitrogen and oxygen atoms in total. The summed E-state index contributed by atoms with van der Waals surface area (Å²) in [5.74, 6) is -1.63. The monoisotopic (exact) mass is 691 g/mol. The standard InChI is InChI=1S/C34H46ClN3O10/c1-18-11-10-12-26(45-9)34(43)17-25(46-32(42)36-34)19(2)30-33(5,48-30)27(47-31(41)20(3)37(6)21(4)39)16-28(40)38(7)23-14-22(13-18)15-24(44-8)29(23)35/h10-12,14-15,19-20,25-27,30,43H,13,16-17H2,1-9H3,(H,36,42)/b12-10+,18-11+/t19-,20+,25+,26-,27+,30+,33-,34+/m1/s1. The van der Waals surface area contributed by atoms with Gasteiger partial charge in [0.05, 0.1) is 25.3 Å². The van der Waals surface area contributed by atoms with Crippen LogP contribution >= 0.6 is 11.6 Å². The minimum atomic E-state index is -1.81. The van der Waals surface area contributed by atoms with Crippen molar-refractivity contribution in [2.75, 3.05) is 33.2 Å². The Bertz CT molecular complexity index is 1500. The number of ether oxygens (including phenoxy) is 5. The topological polar surface area (TPSA) is 156 Å². The van der Waals surface area contributed by atoms with Gasteiger partial charge in [0.2, 0.25) is 11.8 Å². The Morgan fingerprint density at radius 3 is 2.56 bits per heavy atom.